The van der Waals surface area contributed by atoms with Crippen LogP contribution >= 0.6 is 0 Å². The Morgan fingerprint density at radius 3 is 2.28 bits per heavy atom. The topological polar surface area (TPSA) is 12.0 Å². The summed E-state index contributed by atoms with van der Waals surface area (Å²) in [6.45, 7) is 3.44. The maximum Gasteiger partial charge on any atom is 0.00673 e. The second-order valence-corrected chi connectivity index (χ2v) is 5.76. The first-order valence-corrected chi connectivity index (χ1v) is 7.64. The van der Waals surface area contributed by atoms with E-state index in [1.807, 2.05) is 0 Å². The molecule has 1 atom stereocenters. The van der Waals surface area contributed by atoms with E-state index in [2.05, 4.69) is 42.6 Å². The minimum Gasteiger partial charge on any atom is -0.313 e. The third-order valence-corrected chi connectivity index (χ3v) is 4.19. The largest absolute Gasteiger partial charge is 0.313 e. The Hall–Kier alpha value is -0.820. The van der Waals surface area contributed by atoms with E-state index < -0.39 is 0 Å². The lowest BCUT2D eigenvalue weighted by molar-refractivity contribution is 0.383. The van der Waals surface area contributed by atoms with Crippen LogP contribution in [0.4, 0.5) is 0 Å². The summed E-state index contributed by atoms with van der Waals surface area (Å²) in [4.78, 5) is 0. The first-order chi connectivity index (χ1) is 8.86. The summed E-state index contributed by atoms with van der Waals surface area (Å²) in [7, 11) is 0. The summed E-state index contributed by atoms with van der Waals surface area (Å²) < 4.78 is 0. The molecule has 1 heteroatoms. The van der Waals surface area contributed by atoms with E-state index in [4.69, 9.17) is 0 Å². The van der Waals surface area contributed by atoms with Crippen LogP contribution in [0.2, 0.25) is 0 Å². The van der Waals surface area contributed by atoms with Gasteiger partial charge >= 0.3 is 0 Å². The number of benzene rings is 1. The van der Waals surface area contributed by atoms with Crippen molar-refractivity contribution in [3.8, 4) is 0 Å². The minimum absolute atomic E-state index is 0.622. The van der Waals surface area contributed by atoms with Crippen LogP contribution in [0.3, 0.4) is 0 Å². The van der Waals surface area contributed by atoms with Gasteiger partial charge in [-0.1, -0.05) is 69.4 Å². The average Bonchev–Trinajstić information content (AvgIpc) is 2.38. The molecule has 1 nitrogen and oxygen atoms in total. The SMILES string of the molecule is C[C@H](CNC1CCCCCCC1)c1ccccc1. The maximum absolute atomic E-state index is 3.79. The van der Waals surface area contributed by atoms with Crippen molar-refractivity contribution < 1.29 is 0 Å². The zero-order valence-corrected chi connectivity index (χ0v) is 11.7. The molecule has 100 valence electrons. The number of rotatable bonds is 4. The highest BCUT2D eigenvalue weighted by Gasteiger charge is 2.12. The van der Waals surface area contributed by atoms with E-state index in [-0.39, 0.29) is 0 Å². The van der Waals surface area contributed by atoms with Gasteiger partial charge in [0.25, 0.3) is 0 Å². The molecule has 18 heavy (non-hydrogen) atoms. The fourth-order valence-electron chi connectivity index (χ4n) is 2.90. The van der Waals surface area contributed by atoms with Crippen molar-refractivity contribution in [3.63, 3.8) is 0 Å². The Kier molecular flexibility index (Phi) is 5.73. The summed E-state index contributed by atoms with van der Waals surface area (Å²) >= 11 is 0. The van der Waals surface area contributed by atoms with Crippen molar-refractivity contribution in [3.05, 3.63) is 35.9 Å². The lowest BCUT2D eigenvalue weighted by Crippen LogP contribution is -2.32. The summed E-state index contributed by atoms with van der Waals surface area (Å²) in [6.07, 6.45) is 9.91. The van der Waals surface area contributed by atoms with E-state index in [9.17, 15) is 0 Å². The van der Waals surface area contributed by atoms with Crippen LogP contribution in [0.1, 0.15) is 63.4 Å². The number of nitrogens with one attached hydrogen (secondary N) is 1. The maximum atomic E-state index is 3.79. The van der Waals surface area contributed by atoms with E-state index in [0.29, 0.717) is 5.92 Å². The molecule has 0 aliphatic heterocycles. The molecule has 0 aromatic heterocycles. The summed E-state index contributed by atoms with van der Waals surface area (Å²) in [5.41, 5.74) is 1.45. The van der Waals surface area contributed by atoms with Crippen LogP contribution in [-0.4, -0.2) is 12.6 Å². The number of hydrogen-bond donors (Lipinski definition) is 1. The molecular weight excluding hydrogens is 218 g/mol. The van der Waals surface area contributed by atoms with E-state index in [0.717, 1.165) is 12.6 Å². The van der Waals surface area contributed by atoms with Crippen LogP contribution in [-0.2, 0) is 0 Å². The molecule has 1 aromatic carbocycles. The van der Waals surface area contributed by atoms with Crippen LogP contribution in [0.5, 0.6) is 0 Å². The van der Waals surface area contributed by atoms with Gasteiger partial charge in [-0.25, -0.2) is 0 Å². The Balaban J connectivity index is 1.76. The minimum atomic E-state index is 0.622. The molecule has 0 radical (unpaired) electrons. The lowest BCUT2D eigenvalue weighted by atomic mass is 9.95. The molecule has 1 aromatic rings. The lowest BCUT2D eigenvalue weighted by Gasteiger charge is -2.23. The normalized spacial score (nSPS) is 20.1. The molecular formula is C17H27N. The molecule has 0 saturated heterocycles. The summed E-state index contributed by atoms with van der Waals surface area (Å²) in [5, 5.41) is 3.79. The third kappa shape index (κ3) is 4.45. The van der Waals surface area contributed by atoms with Crippen LogP contribution < -0.4 is 5.32 Å². The second-order valence-electron chi connectivity index (χ2n) is 5.76. The zero-order chi connectivity index (χ0) is 12.6. The predicted octanol–water partition coefficient (Wildman–Crippen LogP) is 4.49. The predicted molar refractivity (Wildman–Crippen MR) is 79.0 cm³/mol. The summed E-state index contributed by atoms with van der Waals surface area (Å²) in [5.74, 6) is 0.622. The molecule has 1 aliphatic rings. The zero-order valence-electron chi connectivity index (χ0n) is 11.7. The number of hydrogen-bond acceptors (Lipinski definition) is 1. The van der Waals surface area contributed by atoms with Gasteiger partial charge in [0.2, 0.25) is 0 Å². The smallest absolute Gasteiger partial charge is 0.00673 e. The quantitative estimate of drug-likeness (QED) is 0.824. The van der Waals surface area contributed by atoms with Gasteiger partial charge in [-0.15, -0.1) is 0 Å². The molecule has 0 bridgehead atoms. The van der Waals surface area contributed by atoms with Crippen LogP contribution in [0, 0.1) is 0 Å². The van der Waals surface area contributed by atoms with Gasteiger partial charge in [0.1, 0.15) is 0 Å². The molecule has 1 N–H and O–H groups in total. The van der Waals surface area contributed by atoms with Gasteiger partial charge in [-0.05, 0) is 24.3 Å². The van der Waals surface area contributed by atoms with E-state index in [1.165, 1.54) is 50.5 Å². The van der Waals surface area contributed by atoms with Crippen molar-refractivity contribution in [1.82, 2.24) is 5.32 Å². The Morgan fingerprint density at radius 1 is 1.00 bits per heavy atom. The molecule has 0 heterocycles. The fourth-order valence-corrected chi connectivity index (χ4v) is 2.90. The summed E-state index contributed by atoms with van der Waals surface area (Å²) in [6, 6.07) is 11.6. The van der Waals surface area contributed by atoms with Gasteiger partial charge in [-0.2, -0.15) is 0 Å². The molecule has 0 amide bonds. The van der Waals surface area contributed by atoms with Gasteiger partial charge < -0.3 is 5.32 Å². The monoisotopic (exact) mass is 245 g/mol. The van der Waals surface area contributed by atoms with Crippen molar-refractivity contribution in [2.75, 3.05) is 6.54 Å². The molecule has 0 spiro atoms. The first-order valence-electron chi connectivity index (χ1n) is 7.64. The van der Waals surface area contributed by atoms with Crippen molar-refractivity contribution in [2.45, 2.75) is 63.8 Å². The van der Waals surface area contributed by atoms with Crippen LogP contribution in [0.15, 0.2) is 30.3 Å². The van der Waals surface area contributed by atoms with Crippen molar-refractivity contribution in [2.24, 2.45) is 0 Å². The van der Waals surface area contributed by atoms with Gasteiger partial charge in [0.15, 0.2) is 0 Å². The van der Waals surface area contributed by atoms with E-state index in [1.54, 1.807) is 0 Å². The average molecular weight is 245 g/mol. The Morgan fingerprint density at radius 2 is 1.61 bits per heavy atom. The van der Waals surface area contributed by atoms with E-state index >= 15 is 0 Å². The highest BCUT2D eigenvalue weighted by Crippen LogP contribution is 2.19. The Bertz CT molecular complexity index is 312. The van der Waals surface area contributed by atoms with Gasteiger partial charge in [0, 0.05) is 12.6 Å². The second kappa shape index (κ2) is 7.58. The fraction of sp³-hybridized carbons (Fsp3) is 0.647. The first kappa shape index (κ1) is 13.6. The molecule has 0 unspecified atom stereocenters. The van der Waals surface area contributed by atoms with Gasteiger partial charge in [0.05, 0.1) is 0 Å². The standard InChI is InChI=1S/C17H27N/c1-15(16-10-6-5-7-11-16)14-18-17-12-8-3-2-4-9-13-17/h5-7,10-11,15,17-18H,2-4,8-9,12-14H2,1H3/t15-/m1/s1. The molecule has 1 aliphatic carbocycles. The molecule has 2 rings (SSSR count). The highest BCUT2D eigenvalue weighted by atomic mass is 14.9. The molecule has 1 fully saturated rings. The molecule has 1 saturated carbocycles. The highest BCUT2D eigenvalue weighted by molar-refractivity contribution is 5.18. The van der Waals surface area contributed by atoms with Crippen molar-refractivity contribution >= 4 is 0 Å². The van der Waals surface area contributed by atoms with Gasteiger partial charge in [-0.3, -0.25) is 0 Å². The third-order valence-electron chi connectivity index (χ3n) is 4.19. The Labute approximate surface area is 112 Å². The van der Waals surface area contributed by atoms with Crippen molar-refractivity contribution in [1.29, 1.82) is 0 Å². The van der Waals surface area contributed by atoms with Crippen LogP contribution in [0.25, 0.3) is 0 Å².